The Morgan fingerprint density at radius 3 is 2.72 bits per heavy atom. The van der Waals surface area contributed by atoms with Gasteiger partial charge in [0.2, 0.25) is 5.71 Å². The van der Waals surface area contributed by atoms with Gasteiger partial charge in [-0.1, -0.05) is 30.3 Å². The summed E-state index contributed by atoms with van der Waals surface area (Å²) in [5, 5.41) is 8.75. The number of nitrogens with two attached hydrogens (primary N) is 1. The van der Waals surface area contributed by atoms with Crippen LogP contribution in [0.5, 0.6) is 0 Å². The number of aliphatic imine (C=N–C) groups is 1. The number of carbonyl (C=O) groups excluding carboxylic acids is 1. The van der Waals surface area contributed by atoms with Crippen LogP contribution in [0.4, 0.5) is 0 Å². The average molecular weight is 243 g/mol. The molecule has 0 aliphatic rings. The molecule has 0 aliphatic heterocycles. The van der Waals surface area contributed by atoms with E-state index in [0.717, 1.165) is 5.56 Å². The van der Waals surface area contributed by atoms with Gasteiger partial charge >= 0.3 is 5.97 Å². The summed E-state index contributed by atoms with van der Waals surface area (Å²) in [5.74, 6) is -0.753. The molecule has 5 heteroatoms. The molecule has 2 N–H and O–H groups in total. The van der Waals surface area contributed by atoms with Crippen molar-refractivity contribution in [1.29, 1.82) is 5.26 Å². The minimum absolute atomic E-state index is 0.192. The normalized spacial score (nSPS) is 11.8. The third-order valence-electron chi connectivity index (χ3n) is 2.01. The summed E-state index contributed by atoms with van der Waals surface area (Å²) in [6, 6.07) is 10.8. The summed E-state index contributed by atoms with van der Waals surface area (Å²) in [6.07, 6.45) is 1.27. The van der Waals surface area contributed by atoms with E-state index in [0.29, 0.717) is 5.70 Å². The number of carbonyl (C=O) groups is 1. The molecular formula is C13H13N3O2. The highest BCUT2D eigenvalue weighted by Gasteiger charge is 2.10. The zero-order chi connectivity index (χ0) is 13.4. The average Bonchev–Trinajstić information content (AvgIpc) is 2.40. The highest BCUT2D eigenvalue weighted by atomic mass is 16.5. The summed E-state index contributed by atoms with van der Waals surface area (Å²) >= 11 is 0. The van der Waals surface area contributed by atoms with Gasteiger partial charge in [0.25, 0.3) is 0 Å². The van der Waals surface area contributed by atoms with E-state index in [1.165, 1.54) is 6.20 Å². The maximum Gasteiger partial charge on any atom is 0.367 e. The van der Waals surface area contributed by atoms with Crippen molar-refractivity contribution in [2.75, 3.05) is 6.61 Å². The molecule has 5 nitrogen and oxygen atoms in total. The Bertz CT molecular complexity index is 513. The Morgan fingerprint density at radius 1 is 1.50 bits per heavy atom. The van der Waals surface area contributed by atoms with Crippen LogP contribution >= 0.6 is 0 Å². The van der Waals surface area contributed by atoms with Crippen molar-refractivity contribution in [3.8, 4) is 6.07 Å². The molecule has 0 bridgehead atoms. The van der Waals surface area contributed by atoms with Crippen molar-refractivity contribution in [2.24, 2.45) is 10.7 Å². The van der Waals surface area contributed by atoms with E-state index in [1.54, 1.807) is 25.1 Å². The molecule has 92 valence electrons. The summed E-state index contributed by atoms with van der Waals surface area (Å²) in [6.45, 7) is 1.85. The molecule has 18 heavy (non-hydrogen) atoms. The van der Waals surface area contributed by atoms with E-state index in [4.69, 9.17) is 11.0 Å². The second-order valence-electron chi connectivity index (χ2n) is 3.26. The van der Waals surface area contributed by atoms with E-state index in [-0.39, 0.29) is 12.3 Å². The minimum Gasteiger partial charge on any atom is -0.461 e. The molecule has 0 unspecified atom stereocenters. The molecule has 0 fully saturated rings. The third-order valence-corrected chi connectivity index (χ3v) is 2.01. The molecule has 0 aromatic heterocycles. The second kappa shape index (κ2) is 6.86. The molecular weight excluding hydrogens is 230 g/mol. The monoisotopic (exact) mass is 243 g/mol. The predicted octanol–water partition coefficient (Wildman–Crippen LogP) is 1.47. The Balaban J connectivity index is 2.89. The predicted molar refractivity (Wildman–Crippen MR) is 68.3 cm³/mol. The lowest BCUT2D eigenvalue weighted by molar-refractivity contribution is -0.134. The van der Waals surface area contributed by atoms with E-state index in [1.807, 2.05) is 18.2 Å². The Kier molecular flexibility index (Phi) is 5.13. The fourth-order valence-corrected chi connectivity index (χ4v) is 1.17. The maximum absolute atomic E-state index is 11.3. The lowest BCUT2D eigenvalue weighted by atomic mass is 10.2. The first kappa shape index (κ1) is 13.5. The van der Waals surface area contributed by atoms with Crippen LogP contribution in [0.2, 0.25) is 0 Å². The van der Waals surface area contributed by atoms with Gasteiger partial charge in [-0.2, -0.15) is 5.26 Å². The van der Waals surface area contributed by atoms with Gasteiger partial charge in [0.15, 0.2) is 0 Å². The van der Waals surface area contributed by atoms with E-state index >= 15 is 0 Å². The van der Waals surface area contributed by atoms with E-state index < -0.39 is 5.97 Å². The molecule has 0 aliphatic carbocycles. The van der Waals surface area contributed by atoms with Gasteiger partial charge in [0, 0.05) is 0 Å². The fourth-order valence-electron chi connectivity index (χ4n) is 1.17. The Labute approximate surface area is 105 Å². The summed E-state index contributed by atoms with van der Waals surface area (Å²) in [7, 11) is 0. The lowest BCUT2D eigenvalue weighted by Gasteiger charge is -1.99. The van der Waals surface area contributed by atoms with Crippen LogP contribution in [0.1, 0.15) is 12.5 Å². The van der Waals surface area contributed by atoms with Crippen LogP contribution in [-0.2, 0) is 9.53 Å². The lowest BCUT2D eigenvalue weighted by Crippen LogP contribution is -2.15. The Hall–Kier alpha value is -2.61. The van der Waals surface area contributed by atoms with Gasteiger partial charge < -0.3 is 10.5 Å². The largest absolute Gasteiger partial charge is 0.461 e. The van der Waals surface area contributed by atoms with Crippen LogP contribution in [0.25, 0.3) is 5.70 Å². The van der Waals surface area contributed by atoms with Gasteiger partial charge in [-0.25, -0.2) is 9.79 Å². The number of hydrogen-bond acceptors (Lipinski definition) is 5. The minimum atomic E-state index is -0.753. The zero-order valence-electron chi connectivity index (χ0n) is 9.96. The fraction of sp³-hybridized carbons (Fsp3) is 0.154. The molecule has 0 saturated heterocycles. The van der Waals surface area contributed by atoms with Crippen LogP contribution in [0.15, 0.2) is 41.5 Å². The van der Waals surface area contributed by atoms with Gasteiger partial charge in [0.1, 0.15) is 6.07 Å². The highest BCUT2D eigenvalue weighted by molar-refractivity contribution is 6.43. The molecule has 0 heterocycles. The first-order valence-corrected chi connectivity index (χ1v) is 5.35. The summed E-state index contributed by atoms with van der Waals surface area (Å²) in [4.78, 5) is 15.0. The molecule has 0 radical (unpaired) electrons. The first-order valence-electron chi connectivity index (χ1n) is 5.35. The summed E-state index contributed by atoms with van der Waals surface area (Å²) < 4.78 is 4.67. The number of nitriles is 1. The smallest absolute Gasteiger partial charge is 0.367 e. The topological polar surface area (TPSA) is 88.5 Å². The molecule has 1 aromatic rings. The highest BCUT2D eigenvalue weighted by Crippen LogP contribution is 2.07. The molecule has 0 saturated carbocycles. The van der Waals surface area contributed by atoms with Crippen molar-refractivity contribution in [3.63, 3.8) is 0 Å². The van der Waals surface area contributed by atoms with Crippen molar-refractivity contribution < 1.29 is 9.53 Å². The van der Waals surface area contributed by atoms with Gasteiger partial charge in [-0.3, -0.25) is 0 Å². The maximum atomic E-state index is 11.3. The number of rotatable bonds is 4. The van der Waals surface area contributed by atoms with E-state index in [9.17, 15) is 4.79 Å². The van der Waals surface area contributed by atoms with Gasteiger partial charge in [-0.15, -0.1) is 0 Å². The SMILES string of the molecule is CCOC(=O)C(C#N)=NC=C(N)c1ccccc1. The van der Waals surface area contributed by atoms with Crippen LogP contribution in [0.3, 0.4) is 0 Å². The number of esters is 1. The molecule has 0 amide bonds. The van der Waals surface area contributed by atoms with Crippen LogP contribution < -0.4 is 5.73 Å². The molecule has 1 aromatic carbocycles. The van der Waals surface area contributed by atoms with E-state index in [2.05, 4.69) is 9.73 Å². The zero-order valence-corrected chi connectivity index (χ0v) is 9.96. The standard InChI is InChI=1S/C13H13N3O2/c1-2-18-13(17)12(8-14)16-9-11(15)10-6-4-3-5-7-10/h3-7,9H,2,15H2,1H3. The van der Waals surface area contributed by atoms with Crippen molar-refractivity contribution in [1.82, 2.24) is 0 Å². The number of ether oxygens (including phenoxy) is 1. The van der Waals surface area contributed by atoms with Crippen molar-refractivity contribution in [2.45, 2.75) is 6.92 Å². The first-order chi connectivity index (χ1) is 8.69. The molecule has 1 rings (SSSR count). The number of benzene rings is 1. The summed E-state index contributed by atoms with van der Waals surface area (Å²) in [5.41, 5.74) is 6.58. The van der Waals surface area contributed by atoms with Crippen LogP contribution in [0, 0.1) is 11.3 Å². The van der Waals surface area contributed by atoms with Crippen LogP contribution in [-0.4, -0.2) is 18.3 Å². The number of hydrogen-bond donors (Lipinski definition) is 1. The quantitative estimate of drug-likeness (QED) is 0.640. The van der Waals surface area contributed by atoms with Gasteiger partial charge in [-0.05, 0) is 12.5 Å². The number of nitrogens with zero attached hydrogens (tertiary/aromatic N) is 2. The third kappa shape index (κ3) is 3.76. The molecule has 0 spiro atoms. The molecule has 0 atom stereocenters. The Morgan fingerprint density at radius 2 is 2.17 bits per heavy atom. The van der Waals surface area contributed by atoms with Crippen molar-refractivity contribution in [3.05, 3.63) is 42.1 Å². The van der Waals surface area contributed by atoms with Gasteiger partial charge in [0.05, 0.1) is 18.5 Å². The second-order valence-corrected chi connectivity index (χ2v) is 3.26. The van der Waals surface area contributed by atoms with Crippen molar-refractivity contribution >= 4 is 17.4 Å².